The first-order valence-corrected chi connectivity index (χ1v) is 9.96. The Labute approximate surface area is 180 Å². The maximum absolute atomic E-state index is 13.2. The molecule has 0 aliphatic heterocycles. The minimum atomic E-state index is -0.477. The first kappa shape index (κ1) is 20.3. The molecule has 4 rings (SSSR count). The Balaban J connectivity index is 1.84. The number of aryl methyl sites for hydroxylation is 1. The molecule has 0 fully saturated rings. The van der Waals surface area contributed by atoms with Crippen LogP contribution in [0.5, 0.6) is 5.75 Å². The van der Waals surface area contributed by atoms with E-state index < -0.39 is 5.97 Å². The van der Waals surface area contributed by atoms with E-state index in [2.05, 4.69) is 4.98 Å². The number of nitrogens with zero attached hydrogens (tertiary/aromatic N) is 2. The van der Waals surface area contributed by atoms with Crippen molar-refractivity contribution in [1.29, 1.82) is 0 Å². The molecule has 0 radical (unpaired) electrons. The summed E-state index contributed by atoms with van der Waals surface area (Å²) in [5.74, 6) is -0.0406. The van der Waals surface area contributed by atoms with E-state index in [1.165, 1.54) is 0 Å². The molecule has 0 atom stereocenters. The fraction of sp³-hybridized carbons (Fsp3) is 0.160. The average Bonchev–Trinajstić information content (AvgIpc) is 3.18. The number of carbonyl (C=O) groups is 2. The van der Waals surface area contributed by atoms with E-state index in [0.29, 0.717) is 33.8 Å². The summed E-state index contributed by atoms with van der Waals surface area (Å²) in [5, 5.41) is 0. The van der Waals surface area contributed by atoms with Gasteiger partial charge in [0, 0.05) is 11.1 Å². The van der Waals surface area contributed by atoms with Crippen molar-refractivity contribution in [2.45, 2.75) is 13.8 Å². The van der Waals surface area contributed by atoms with E-state index in [1.54, 1.807) is 55.1 Å². The number of ketones is 1. The quantitative estimate of drug-likeness (QED) is 0.337. The van der Waals surface area contributed by atoms with Crippen molar-refractivity contribution in [2.75, 3.05) is 13.7 Å². The van der Waals surface area contributed by atoms with Crippen LogP contribution in [0.1, 0.15) is 38.9 Å². The number of hydrogen-bond donors (Lipinski definition) is 0. The van der Waals surface area contributed by atoms with Gasteiger partial charge in [0.15, 0.2) is 0 Å². The third kappa shape index (κ3) is 3.92. The molecular formula is C25H22N2O4. The Kier molecular flexibility index (Phi) is 5.54. The van der Waals surface area contributed by atoms with Gasteiger partial charge in [0.1, 0.15) is 12.1 Å². The van der Waals surface area contributed by atoms with Crippen molar-refractivity contribution in [3.8, 4) is 17.0 Å². The van der Waals surface area contributed by atoms with Gasteiger partial charge < -0.3 is 9.47 Å². The second kappa shape index (κ2) is 8.44. The van der Waals surface area contributed by atoms with Gasteiger partial charge in [-0.1, -0.05) is 29.8 Å². The van der Waals surface area contributed by atoms with Crippen molar-refractivity contribution in [3.63, 3.8) is 0 Å². The second-order valence-corrected chi connectivity index (χ2v) is 7.12. The number of benzene rings is 2. The van der Waals surface area contributed by atoms with E-state index in [0.717, 1.165) is 11.1 Å². The molecule has 2 aromatic heterocycles. The summed E-state index contributed by atoms with van der Waals surface area (Å²) in [6.07, 6.45) is 1.57. The summed E-state index contributed by atoms with van der Waals surface area (Å²) < 4.78 is 12.0. The Morgan fingerprint density at radius 2 is 1.71 bits per heavy atom. The number of methoxy groups -OCH3 is 1. The summed E-state index contributed by atoms with van der Waals surface area (Å²) in [6, 6.07) is 18.2. The Morgan fingerprint density at radius 3 is 2.35 bits per heavy atom. The SMILES string of the molecule is CCOC(=O)c1cc(C(=O)c2ccc(OC)cc2)n2cnc(-c3ccc(C)cc3)cc12. The zero-order chi connectivity index (χ0) is 22.0. The lowest BCUT2D eigenvalue weighted by atomic mass is 10.1. The largest absolute Gasteiger partial charge is 0.497 e. The van der Waals surface area contributed by atoms with E-state index in [9.17, 15) is 9.59 Å². The molecule has 6 nitrogen and oxygen atoms in total. The van der Waals surface area contributed by atoms with Crippen LogP contribution in [-0.2, 0) is 4.74 Å². The van der Waals surface area contributed by atoms with Gasteiger partial charge in [0.2, 0.25) is 5.78 Å². The van der Waals surface area contributed by atoms with Gasteiger partial charge in [0.25, 0.3) is 0 Å². The van der Waals surface area contributed by atoms with Crippen LogP contribution < -0.4 is 4.74 Å². The standard InChI is InChI=1S/C25H22N2O4/c1-4-31-25(29)20-13-23(24(28)18-9-11-19(30-3)12-10-18)27-15-26-21(14-22(20)27)17-7-5-16(2)6-8-17/h5-15H,4H2,1-3H3. The molecular weight excluding hydrogens is 392 g/mol. The molecule has 31 heavy (non-hydrogen) atoms. The van der Waals surface area contributed by atoms with Crippen molar-refractivity contribution in [1.82, 2.24) is 9.38 Å². The highest BCUT2D eigenvalue weighted by Crippen LogP contribution is 2.26. The first-order valence-electron chi connectivity index (χ1n) is 9.96. The van der Waals surface area contributed by atoms with Crippen LogP contribution in [0, 0.1) is 6.92 Å². The van der Waals surface area contributed by atoms with E-state index >= 15 is 0 Å². The van der Waals surface area contributed by atoms with E-state index in [-0.39, 0.29) is 12.4 Å². The van der Waals surface area contributed by atoms with Crippen molar-refractivity contribution in [2.24, 2.45) is 0 Å². The molecule has 2 aromatic carbocycles. The van der Waals surface area contributed by atoms with Crippen molar-refractivity contribution in [3.05, 3.63) is 89.4 Å². The monoisotopic (exact) mass is 414 g/mol. The van der Waals surface area contributed by atoms with Crippen LogP contribution >= 0.6 is 0 Å². The summed E-state index contributed by atoms with van der Waals surface area (Å²) in [5.41, 5.74) is 4.50. The lowest BCUT2D eigenvalue weighted by Gasteiger charge is -2.06. The maximum Gasteiger partial charge on any atom is 0.340 e. The minimum Gasteiger partial charge on any atom is -0.497 e. The molecule has 156 valence electrons. The lowest BCUT2D eigenvalue weighted by molar-refractivity contribution is 0.0529. The normalized spacial score (nSPS) is 10.8. The summed E-state index contributed by atoms with van der Waals surface area (Å²) in [4.78, 5) is 30.4. The molecule has 0 bridgehead atoms. The fourth-order valence-electron chi connectivity index (χ4n) is 3.42. The summed E-state index contributed by atoms with van der Waals surface area (Å²) in [7, 11) is 1.57. The summed E-state index contributed by atoms with van der Waals surface area (Å²) in [6.45, 7) is 4.01. The van der Waals surface area contributed by atoms with Crippen LogP contribution in [0.3, 0.4) is 0 Å². The average molecular weight is 414 g/mol. The van der Waals surface area contributed by atoms with Gasteiger partial charge in [-0.15, -0.1) is 0 Å². The number of ether oxygens (including phenoxy) is 2. The lowest BCUT2D eigenvalue weighted by Crippen LogP contribution is -2.05. The van der Waals surface area contributed by atoms with Crippen LogP contribution in [0.2, 0.25) is 0 Å². The minimum absolute atomic E-state index is 0.224. The number of esters is 1. The topological polar surface area (TPSA) is 69.9 Å². The van der Waals surface area contributed by atoms with Crippen molar-refractivity contribution >= 4 is 17.3 Å². The molecule has 0 amide bonds. The Hall–Kier alpha value is -3.93. The molecule has 0 saturated heterocycles. The highest BCUT2D eigenvalue weighted by molar-refractivity contribution is 6.11. The predicted molar refractivity (Wildman–Crippen MR) is 118 cm³/mol. The molecule has 0 saturated carbocycles. The molecule has 0 N–H and O–H groups in total. The highest BCUT2D eigenvalue weighted by Gasteiger charge is 2.22. The number of carbonyl (C=O) groups excluding carboxylic acids is 2. The zero-order valence-corrected chi connectivity index (χ0v) is 17.6. The van der Waals surface area contributed by atoms with Gasteiger partial charge in [-0.3, -0.25) is 9.20 Å². The Morgan fingerprint density at radius 1 is 1.00 bits per heavy atom. The maximum atomic E-state index is 13.2. The molecule has 0 aliphatic carbocycles. The van der Waals surface area contributed by atoms with Gasteiger partial charge >= 0.3 is 5.97 Å². The van der Waals surface area contributed by atoms with Crippen LogP contribution in [0.25, 0.3) is 16.8 Å². The summed E-state index contributed by atoms with van der Waals surface area (Å²) >= 11 is 0. The highest BCUT2D eigenvalue weighted by atomic mass is 16.5. The smallest absolute Gasteiger partial charge is 0.340 e. The molecule has 2 heterocycles. The Bertz CT molecular complexity index is 1260. The first-order chi connectivity index (χ1) is 15.0. The number of hydrogen-bond acceptors (Lipinski definition) is 5. The second-order valence-electron chi connectivity index (χ2n) is 7.12. The third-order valence-electron chi connectivity index (χ3n) is 5.09. The van der Waals surface area contributed by atoms with Gasteiger partial charge in [-0.05, 0) is 50.2 Å². The van der Waals surface area contributed by atoms with Gasteiger partial charge in [-0.25, -0.2) is 9.78 Å². The van der Waals surface area contributed by atoms with E-state index in [1.807, 2.05) is 37.3 Å². The number of rotatable bonds is 6. The van der Waals surface area contributed by atoms with Crippen LogP contribution in [0.15, 0.2) is 67.0 Å². The van der Waals surface area contributed by atoms with E-state index in [4.69, 9.17) is 9.47 Å². The van der Waals surface area contributed by atoms with Gasteiger partial charge in [-0.2, -0.15) is 0 Å². The predicted octanol–water partition coefficient (Wildman–Crippen LogP) is 4.73. The molecule has 0 spiro atoms. The molecule has 0 aliphatic rings. The van der Waals surface area contributed by atoms with Crippen LogP contribution in [0.4, 0.5) is 0 Å². The molecule has 4 aromatic rings. The van der Waals surface area contributed by atoms with Crippen LogP contribution in [-0.4, -0.2) is 34.9 Å². The fourth-order valence-corrected chi connectivity index (χ4v) is 3.42. The number of fused-ring (bicyclic) bond motifs is 1. The third-order valence-corrected chi connectivity index (χ3v) is 5.09. The molecule has 6 heteroatoms. The molecule has 0 unspecified atom stereocenters. The zero-order valence-electron chi connectivity index (χ0n) is 17.6. The number of aromatic nitrogens is 2. The van der Waals surface area contributed by atoms with Crippen molar-refractivity contribution < 1.29 is 19.1 Å². The van der Waals surface area contributed by atoms with Gasteiger partial charge in [0.05, 0.1) is 36.2 Å².